The number of hydrogen-bond donors (Lipinski definition) is 2. The molecule has 3 rings (SSSR count). The largest absolute Gasteiger partial charge is 0.377 e. The molecule has 1 unspecified atom stereocenters. The average Bonchev–Trinajstić information content (AvgIpc) is 3.45. The number of alkyl halides is 2. The zero-order valence-corrected chi connectivity index (χ0v) is 17.5. The molecule has 12 heteroatoms. The number of aromatic nitrogens is 2. The lowest BCUT2D eigenvalue weighted by Crippen LogP contribution is -2.58. The molecule has 3 atom stereocenters. The smallest absolute Gasteiger partial charge is 0.315 e. The zero-order chi connectivity index (χ0) is 22.8. The minimum Gasteiger partial charge on any atom is -0.377 e. The van der Waals surface area contributed by atoms with E-state index in [1.807, 2.05) is 0 Å². The summed E-state index contributed by atoms with van der Waals surface area (Å²) in [6.45, 7) is 2.50. The standard InChI is InChI=1S/C19H27F2N5O5/c1-3-12(14(27)17-24-15(25-31-17)10-4-5-10)23-16(28)11(8-19(2,20)21)13-9-30-7-6-26(13)18(22)29/h10-13H,3-9H2,1-2H3,(H2,22,29)(H,23,28)/t11-,12-,13?/m0/s1. The van der Waals surface area contributed by atoms with Gasteiger partial charge in [0.15, 0.2) is 5.82 Å². The first-order chi connectivity index (χ1) is 14.6. The Morgan fingerprint density at radius 3 is 2.65 bits per heavy atom. The van der Waals surface area contributed by atoms with Gasteiger partial charge >= 0.3 is 6.03 Å². The fourth-order valence-corrected chi connectivity index (χ4v) is 3.64. The third-order valence-electron chi connectivity index (χ3n) is 5.46. The van der Waals surface area contributed by atoms with E-state index in [-0.39, 0.29) is 38.0 Å². The first-order valence-corrected chi connectivity index (χ1v) is 10.3. The molecule has 0 spiro atoms. The summed E-state index contributed by atoms with van der Waals surface area (Å²) in [5, 5.41) is 6.30. The van der Waals surface area contributed by atoms with Crippen molar-refractivity contribution in [3.63, 3.8) is 0 Å². The molecule has 1 saturated heterocycles. The fraction of sp³-hybridized carbons (Fsp3) is 0.737. The van der Waals surface area contributed by atoms with Crippen LogP contribution >= 0.6 is 0 Å². The molecule has 0 aromatic carbocycles. The van der Waals surface area contributed by atoms with Crippen LogP contribution in [-0.4, -0.2) is 70.5 Å². The SMILES string of the molecule is CC[C@H](NC(=O)[C@@H](CC(C)(F)F)C1COCCN1C(N)=O)C(=O)c1nc(C2CC2)no1. The summed E-state index contributed by atoms with van der Waals surface area (Å²) < 4.78 is 38.1. The molecule has 1 aromatic heterocycles. The Morgan fingerprint density at radius 2 is 2.06 bits per heavy atom. The molecule has 1 aliphatic heterocycles. The van der Waals surface area contributed by atoms with Gasteiger partial charge in [0.05, 0.1) is 31.2 Å². The third-order valence-corrected chi connectivity index (χ3v) is 5.46. The van der Waals surface area contributed by atoms with Crippen molar-refractivity contribution in [3.8, 4) is 0 Å². The maximum absolute atomic E-state index is 13.9. The minimum atomic E-state index is -3.19. The Balaban J connectivity index is 1.76. The number of carbonyl (C=O) groups excluding carboxylic acids is 3. The molecule has 3 N–H and O–H groups in total. The van der Waals surface area contributed by atoms with Crippen LogP contribution in [0.2, 0.25) is 0 Å². The second-order valence-corrected chi connectivity index (χ2v) is 8.12. The second-order valence-electron chi connectivity index (χ2n) is 8.12. The number of Topliss-reactive ketones (excluding diaryl/α,β-unsaturated/α-hetero) is 1. The predicted octanol–water partition coefficient (Wildman–Crippen LogP) is 1.47. The van der Waals surface area contributed by atoms with Crippen molar-refractivity contribution in [2.24, 2.45) is 11.7 Å². The van der Waals surface area contributed by atoms with Crippen molar-refractivity contribution >= 4 is 17.7 Å². The molecule has 0 bridgehead atoms. The number of ether oxygens (including phenoxy) is 1. The maximum atomic E-state index is 13.9. The van der Waals surface area contributed by atoms with Crippen LogP contribution in [0.15, 0.2) is 4.52 Å². The number of nitrogens with two attached hydrogens (primary N) is 1. The number of carbonyl (C=O) groups is 3. The first kappa shape index (κ1) is 23.0. The molecular formula is C19H27F2N5O5. The van der Waals surface area contributed by atoms with Gasteiger partial charge in [-0.15, -0.1) is 0 Å². The van der Waals surface area contributed by atoms with E-state index in [1.165, 1.54) is 0 Å². The molecule has 10 nitrogen and oxygen atoms in total. The van der Waals surface area contributed by atoms with Gasteiger partial charge in [-0.3, -0.25) is 9.59 Å². The number of nitrogens with one attached hydrogen (secondary N) is 1. The lowest BCUT2D eigenvalue weighted by molar-refractivity contribution is -0.134. The van der Waals surface area contributed by atoms with E-state index in [0.717, 1.165) is 17.7 Å². The number of ketones is 1. The van der Waals surface area contributed by atoms with Gasteiger partial charge < -0.3 is 25.2 Å². The van der Waals surface area contributed by atoms with Gasteiger partial charge in [0.25, 0.3) is 5.89 Å². The van der Waals surface area contributed by atoms with Gasteiger partial charge in [-0.1, -0.05) is 12.1 Å². The molecular weight excluding hydrogens is 416 g/mol. The number of urea groups is 1. The summed E-state index contributed by atoms with van der Waals surface area (Å²) >= 11 is 0. The number of hydrogen-bond acceptors (Lipinski definition) is 7. The average molecular weight is 443 g/mol. The van der Waals surface area contributed by atoms with Crippen LogP contribution < -0.4 is 11.1 Å². The van der Waals surface area contributed by atoms with Crippen molar-refractivity contribution < 1.29 is 32.4 Å². The number of rotatable bonds is 9. The van der Waals surface area contributed by atoms with Crippen LogP contribution in [0.1, 0.15) is 62.0 Å². The second kappa shape index (κ2) is 9.25. The van der Waals surface area contributed by atoms with Crippen LogP contribution in [0.4, 0.5) is 13.6 Å². The molecule has 2 fully saturated rings. The number of primary amides is 1. The zero-order valence-electron chi connectivity index (χ0n) is 17.5. The number of morpholine rings is 1. The van der Waals surface area contributed by atoms with Gasteiger partial charge in [-0.2, -0.15) is 4.98 Å². The van der Waals surface area contributed by atoms with Crippen molar-refractivity contribution in [3.05, 3.63) is 11.7 Å². The van der Waals surface area contributed by atoms with Crippen molar-refractivity contribution in [1.29, 1.82) is 0 Å². The Bertz CT molecular complexity index is 823. The molecule has 1 aliphatic carbocycles. The first-order valence-electron chi connectivity index (χ1n) is 10.3. The normalized spacial score (nSPS) is 21.4. The van der Waals surface area contributed by atoms with Gasteiger partial charge in [0.2, 0.25) is 17.6 Å². The Labute approximate surface area is 177 Å². The maximum Gasteiger partial charge on any atom is 0.315 e. The van der Waals surface area contributed by atoms with Crippen molar-refractivity contribution in [2.45, 2.75) is 63.5 Å². The molecule has 31 heavy (non-hydrogen) atoms. The highest BCUT2D eigenvalue weighted by Crippen LogP contribution is 2.38. The monoisotopic (exact) mass is 443 g/mol. The molecule has 2 heterocycles. The summed E-state index contributed by atoms with van der Waals surface area (Å²) in [5.41, 5.74) is 5.37. The van der Waals surface area contributed by atoms with Crippen LogP contribution in [-0.2, 0) is 9.53 Å². The van der Waals surface area contributed by atoms with Crippen molar-refractivity contribution in [1.82, 2.24) is 20.4 Å². The van der Waals surface area contributed by atoms with Gasteiger partial charge in [0, 0.05) is 18.9 Å². The summed E-state index contributed by atoms with van der Waals surface area (Å²) in [4.78, 5) is 42.8. The summed E-state index contributed by atoms with van der Waals surface area (Å²) in [6, 6.07) is -2.85. The van der Waals surface area contributed by atoms with Gasteiger partial charge in [0.1, 0.15) is 0 Å². The van der Waals surface area contributed by atoms with E-state index in [4.69, 9.17) is 15.0 Å². The highest BCUT2D eigenvalue weighted by atomic mass is 19.3. The van der Waals surface area contributed by atoms with E-state index < -0.39 is 48.1 Å². The third kappa shape index (κ3) is 5.75. The Morgan fingerprint density at radius 1 is 1.35 bits per heavy atom. The predicted molar refractivity (Wildman–Crippen MR) is 102 cm³/mol. The topological polar surface area (TPSA) is 141 Å². The van der Waals surface area contributed by atoms with E-state index in [1.54, 1.807) is 6.92 Å². The van der Waals surface area contributed by atoms with Gasteiger partial charge in [-0.05, 0) is 26.2 Å². The lowest BCUT2D eigenvalue weighted by Gasteiger charge is -2.39. The molecule has 2 aliphatic rings. The highest BCUT2D eigenvalue weighted by Gasteiger charge is 2.43. The van der Waals surface area contributed by atoms with E-state index >= 15 is 0 Å². The van der Waals surface area contributed by atoms with E-state index in [0.29, 0.717) is 12.7 Å². The number of amides is 3. The summed E-state index contributed by atoms with van der Waals surface area (Å²) in [7, 11) is 0. The fourth-order valence-electron chi connectivity index (χ4n) is 3.64. The lowest BCUT2D eigenvalue weighted by atomic mass is 9.90. The highest BCUT2D eigenvalue weighted by molar-refractivity contribution is 5.98. The summed E-state index contributed by atoms with van der Waals surface area (Å²) in [6.07, 6.45) is 1.19. The quantitative estimate of drug-likeness (QED) is 0.551. The van der Waals surface area contributed by atoms with Gasteiger partial charge in [-0.25, -0.2) is 13.6 Å². The van der Waals surface area contributed by atoms with Crippen LogP contribution in [0.5, 0.6) is 0 Å². The number of nitrogens with zero attached hydrogens (tertiary/aromatic N) is 3. The summed E-state index contributed by atoms with van der Waals surface area (Å²) in [5.74, 6) is -5.52. The van der Waals surface area contributed by atoms with Crippen LogP contribution in [0.3, 0.4) is 0 Å². The molecule has 1 saturated carbocycles. The molecule has 172 valence electrons. The van der Waals surface area contributed by atoms with Crippen LogP contribution in [0.25, 0.3) is 0 Å². The molecule has 0 radical (unpaired) electrons. The molecule has 3 amide bonds. The Kier molecular flexibility index (Phi) is 6.87. The minimum absolute atomic E-state index is 0.0845. The van der Waals surface area contributed by atoms with E-state index in [9.17, 15) is 23.2 Å². The number of halogens is 2. The van der Waals surface area contributed by atoms with E-state index in [2.05, 4.69) is 15.5 Å². The molecule has 1 aromatic rings. The Hall–Kier alpha value is -2.63. The van der Waals surface area contributed by atoms with Crippen LogP contribution in [0, 0.1) is 5.92 Å². The van der Waals surface area contributed by atoms with Crippen molar-refractivity contribution in [2.75, 3.05) is 19.8 Å².